The molecule has 2 aliphatic rings. The summed E-state index contributed by atoms with van der Waals surface area (Å²) in [4.78, 5) is 13.9. The number of aromatic carboxylic acids is 1. The molecule has 0 amide bonds. The van der Waals surface area contributed by atoms with Gasteiger partial charge >= 0.3 is 5.97 Å². The largest absolute Gasteiger partial charge is 0.478 e. The molecule has 38 heavy (non-hydrogen) atoms. The highest BCUT2D eigenvalue weighted by Gasteiger charge is 2.27. The summed E-state index contributed by atoms with van der Waals surface area (Å²) in [7, 11) is 0. The molecule has 5 rings (SSSR count). The van der Waals surface area contributed by atoms with E-state index in [1.54, 1.807) is 12.1 Å². The lowest BCUT2D eigenvalue weighted by Gasteiger charge is -2.39. The Hall–Kier alpha value is -2.73. The Balaban J connectivity index is 1.54. The molecule has 0 radical (unpaired) electrons. The molecule has 1 N–H and O–H groups in total. The first kappa shape index (κ1) is 26.9. The summed E-state index contributed by atoms with van der Waals surface area (Å²) in [6.45, 7) is 2.53. The summed E-state index contributed by atoms with van der Waals surface area (Å²) in [5.74, 6) is -1.47. The second-order valence-electron chi connectivity index (χ2n) is 10.2. The Morgan fingerprint density at radius 2 is 1.76 bits per heavy atom. The van der Waals surface area contributed by atoms with Crippen molar-refractivity contribution in [1.82, 2.24) is 4.90 Å². The van der Waals surface area contributed by atoms with Gasteiger partial charge in [-0.15, -0.1) is 0 Å². The van der Waals surface area contributed by atoms with Gasteiger partial charge in [-0.25, -0.2) is 9.18 Å². The first-order valence-corrected chi connectivity index (χ1v) is 13.7. The van der Waals surface area contributed by atoms with Crippen LogP contribution in [0.3, 0.4) is 0 Å². The number of fused-ring (bicyclic) bond motifs is 1. The summed E-state index contributed by atoms with van der Waals surface area (Å²) in [6, 6.07) is 16.6. The fraction of sp³-hybridized carbons (Fsp3) is 0.323. The molecule has 3 nitrogen and oxygen atoms in total. The van der Waals surface area contributed by atoms with Gasteiger partial charge < -0.3 is 10.0 Å². The minimum atomic E-state index is -1.27. The molecule has 1 aliphatic carbocycles. The maximum atomic E-state index is 15.0. The predicted molar refractivity (Wildman–Crippen MR) is 149 cm³/mol. The average molecular weight is 556 g/mol. The van der Waals surface area contributed by atoms with Crippen molar-refractivity contribution < 1.29 is 18.7 Å². The van der Waals surface area contributed by atoms with E-state index in [9.17, 15) is 14.3 Å². The fourth-order valence-corrected chi connectivity index (χ4v) is 6.23. The number of allylic oxidation sites excluding steroid dienone is 1. The molecule has 7 heteroatoms. The van der Waals surface area contributed by atoms with E-state index < -0.39 is 11.8 Å². The molecule has 3 aromatic rings. The molecule has 0 atom stereocenters. The van der Waals surface area contributed by atoms with Gasteiger partial charge in [-0.1, -0.05) is 53.5 Å². The molecule has 0 spiro atoms. The van der Waals surface area contributed by atoms with E-state index in [2.05, 4.69) is 29.2 Å². The third kappa shape index (κ3) is 5.66. The lowest BCUT2D eigenvalue weighted by molar-refractivity contribution is 0.0691. The highest BCUT2D eigenvalue weighted by Crippen LogP contribution is 2.43. The van der Waals surface area contributed by atoms with Crippen LogP contribution in [0.15, 0.2) is 54.6 Å². The van der Waals surface area contributed by atoms with Gasteiger partial charge in [0.15, 0.2) is 0 Å². The molecule has 0 bridgehead atoms. The highest BCUT2D eigenvalue weighted by atomic mass is 35.5. The van der Waals surface area contributed by atoms with Crippen LogP contribution >= 0.6 is 23.2 Å². The zero-order valence-electron chi connectivity index (χ0n) is 21.0. The Labute approximate surface area is 231 Å². The van der Waals surface area contributed by atoms with E-state index in [0.717, 1.165) is 60.3 Å². The summed E-state index contributed by atoms with van der Waals surface area (Å²) >= 11 is 12.8. The zero-order valence-corrected chi connectivity index (χ0v) is 22.5. The Morgan fingerprint density at radius 3 is 2.45 bits per heavy atom. The number of carboxylic acids is 1. The Kier molecular flexibility index (Phi) is 8.18. The molecule has 0 aromatic heterocycles. The van der Waals surface area contributed by atoms with Crippen molar-refractivity contribution in [1.29, 1.82) is 0 Å². The van der Waals surface area contributed by atoms with E-state index in [-0.39, 0.29) is 12.2 Å². The van der Waals surface area contributed by atoms with Crippen molar-refractivity contribution in [3.05, 3.63) is 104 Å². The normalized spacial score (nSPS) is 16.2. The van der Waals surface area contributed by atoms with E-state index >= 15 is 4.39 Å². The Bertz CT molecular complexity index is 1380. The first-order valence-electron chi connectivity index (χ1n) is 13.0. The van der Waals surface area contributed by atoms with Gasteiger partial charge in [0, 0.05) is 29.7 Å². The molecule has 3 aromatic carbocycles. The summed E-state index contributed by atoms with van der Waals surface area (Å²) < 4.78 is 27.4. The van der Waals surface area contributed by atoms with Crippen LogP contribution in [0.1, 0.15) is 57.4 Å². The number of halogens is 4. The van der Waals surface area contributed by atoms with Gasteiger partial charge in [-0.3, -0.25) is 4.39 Å². The fourth-order valence-electron chi connectivity index (χ4n) is 5.71. The second kappa shape index (κ2) is 11.6. The minimum absolute atomic E-state index is 0.271. The smallest absolute Gasteiger partial charge is 0.338 e. The van der Waals surface area contributed by atoms with Crippen LogP contribution < -0.4 is 0 Å². The lowest BCUT2D eigenvalue weighted by atomic mass is 9.86. The Morgan fingerprint density at radius 1 is 1.00 bits per heavy atom. The van der Waals surface area contributed by atoms with Gasteiger partial charge in [-0.05, 0) is 101 Å². The monoisotopic (exact) mass is 555 g/mol. The van der Waals surface area contributed by atoms with Crippen LogP contribution in [0.25, 0.3) is 11.1 Å². The number of nitrogens with zero attached hydrogens (tertiary/aromatic N) is 1. The molecule has 0 unspecified atom stereocenters. The first-order chi connectivity index (χ1) is 18.3. The lowest BCUT2D eigenvalue weighted by Crippen LogP contribution is -2.47. The minimum Gasteiger partial charge on any atom is -0.478 e. The number of hydrogen-bond acceptors (Lipinski definition) is 2. The van der Waals surface area contributed by atoms with Gasteiger partial charge in [0.05, 0.1) is 12.2 Å². The summed E-state index contributed by atoms with van der Waals surface area (Å²) in [6.07, 6.45) is 3.65. The topological polar surface area (TPSA) is 40.5 Å². The van der Waals surface area contributed by atoms with Crippen molar-refractivity contribution in [3.8, 4) is 0 Å². The molecule has 1 saturated heterocycles. The summed E-state index contributed by atoms with van der Waals surface area (Å²) in [5, 5.41) is 10.6. The van der Waals surface area contributed by atoms with E-state index in [1.165, 1.54) is 17.7 Å². The molecule has 198 valence electrons. The van der Waals surface area contributed by atoms with E-state index in [1.807, 2.05) is 6.07 Å². The van der Waals surface area contributed by atoms with Crippen LogP contribution in [0.5, 0.6) is 0 Å². The van der Waals surface area contributed by atoms with Crippen molar-refractivity contribution in [2.24, 2.45) is 5.92 Å². The number of carbonyl (C=O) groups is 1. The third-order valence-corrected chi connectivity index (χ3v) is 8.08. The zero-order chi connectivity index (χ0) is 26.8. The number of benzene rings is 3. The van der Waals surface area contributed by atoms with E-state index in [4.69, 9.17) is 23.2 Å². The van der Waals surface area contributed by atoms with Gasteiger partial charge in [-0.2, -0.15) is 0 Å². The molecule has 1 heterocycles. The van der Waals surface area contributed by atoms with Gasteiger partial charge in [0.1, 0.15) is 5.82 Å². The molecule has 1 aliphatic heterocycles. The van der Waals surface area contributed by atoms with Crippen LogP contribution in [0, 0.1) is 11.7 Å². The van der Waals surface area contributed by atoms with Crippen molar-refractivity contribution >= 4 is 40.3 Å². The van der Waals surface area contributed by atoms with Crippen molar-refractivity contribution in [2.45, 2.75) is 32.1 Å². The number of likely N-dealkylation sites (tertiary alicyclic amines) is 1. The number of alkyl halides is 1. The SMILES string of the molecule is O=C(O)c1cc2c(cc1F)C(c1ccc(CC3CN(CCCF)C3)cc1)=C(c1ccc(Cl)cc1Cl)CCC2. The average Bonchev–Trinajstić information content (AvgIpc) is 3.04. The molecule has 1 fully saturated rings. The summed E-state index contributed by atoms with van der Waals surface area (Å²) in [5.41, 5.74) is 6.04. The maximum Gasteiger partial charge on any atom is 0.338 e. The highest BCUT2D eigenvalue weighted by molar-refractivity contribution is 6.36. The second-order valence-corrected chi connectivity index (χ2v) is 11.0. The standard InChI is InChI=1S/C31H29Cl2F2NO2/c32-23-9-10-24(28(33)15-23)25-4-1-3-22-14-27(31(37)38)29(35)16-26(22)30(25)21-7-5-19(6-8-21)13-20-17-36(18-20)12-2-11-34/h5-10,14-16,20H,1-4,11-13,17-18H2,(H,37,38). The van der Waals surface area contributed by atoms with Crippen LogP contribution in [-0.4, -0.2) is 42.3 Å². The quantitative estimate of drug-likeness (QED) is 0.306. The van der Waals surface area contributed by atoms with Crippen LogP contribution in [0.4, 0.5) is 8.78 Å². The maximum absolute atomic E-state index is 15.0. The number of aryl methyl sites for hydroxylation is 1. The molecule has 0 saturated carbocycles. The molecular weight excluding hydrogens is 527 g/mol. The van der Waals surface area contributed by atoms with Crippen molar-refractivity contribution in [2.75, 3.05) is 26.3 Å². The number of rotatable bonds is 8. The number of carboxylic acid groups (broad SMARTS) is 1. The van der Waals surface area contributed by atoms with Crippen molar-refractivity contribution in [3.63, 3.8) is 0 Å². The number of hydrogen-bond donors (Lipinski definition) is 1. The molecular formula is C31H29Cl2F2NO2. The van der Waals surface area contributed by atoms with E-state index in [0.29, 0.717) is 40.8 Å². The van der Waals surface area contributed by atoms with Gasteiger partial charge in [0.2, 0.25) is 0 Å². The van der Waals surface area contributed by atoms with Crippen LogP contribution in [0.2, 0.25) is 10.0 Å². The third-order valence-electron chi connectivity index (χ3n) is 7.53. The van der Waals surface area contributed by atoms with Gasteiger partial charge in [0.25, 0.3) is 0 Å². The van der Waals surface area contributed by atoms with Crippen LogP contribution in [-0.2, 0) is 12.8 Å². The predicted octanol–water partition coefficient (Wildman–Crippen LogP) is 7.96.